The number of nitro groups is 1. The summed E-state index contributed by atoms with van der Waals surface area (Å²) in [5.41, 5.74) is 1.95. The van der Waals surface area contributed by atoms with E-state index in [0.29, 0.717) is 41.3 Å². The monoisotopic (exact) mass is 429 g/mol. The van der Waals surface area contributed by atoms with Gasteiger partial charge in [0.05, 0.1) is 28.6 Å². The highest BCUT2D eigenvalue weighted by atomic mass is 16.6. The lowest BCUT2D eigenvalue weighted by molar-refractivity contribution is -0.385. The molecule has 0 bridgehead atoms. The van der Waals surface area contributed by atoms with Gasteiger partial charge < -0.3 is 19.9 Å². The van der Waals surface area contributed by atoms with E-state index in [0.717, 1.165) is 5.70 Å². The summed E-state index contributed by atoms with van der Waals surface area (Å²) in [6, 6.07) is 4.11. The third-order valence-corrected chi connectivity index (χ3v) is 5.22. The number of benzene rings is 1. The molecule has 9 heteroatoms. The number of hydrogen-bond donors (Lipinski definition) is 2. The van der Waals surface area contributed by atoms with Gasteiger partial charge in [-0.15, -0.1) is 0 Å². The van der Waals surface area contributed by atoms with E-state index in [4.69, 9.17) is 14.5 Å². The molecule has 1 atom stereocenters. The fourth-order valence-corrected chi connectivity index (χ4v) is 3.83. The second-order valence-electron chi connectivity index (χ2n) is 8.09. The zero-order valence-corrected chi connectivity index (χ0v) is 18.3. The summed E-state index contributed by atoms with van der Waals surface area (Å²) in [6.45, 7) is 9.88. The summed E-state index contributed by atoms with van der Waals surface area (Å²) < 4.78 is 11.2. The maximum absolute atomic E-state index is 13.0. The Hall–Kier alpha value is -3.36. The average Bonchev–Trinajstić information content (AvgIpc) is 3.06. The van der Waals surface area contributed by atoms with Crippen molar-refractivity contribution in [2.75, 3.05) is 13.2 Å². The lowest BCUT2D eigenvalue weighted by atomic mass is 9.79. The minimum Gasteiger partial charge on any atom is -0.502 e. The number of ether oxygens (including phenoxy) is 2. The number of nitrogens with one attached hydrogen (secondary N) is 1. The molecule has 2 N–H and O–H groups in total. The molecule has 31 heavy (non-hydrogen) atoms. The van der Waals surface area contributed by atoms with Crippen LogP contribution in [-0.2, 0) is 14.3 Å². The van der Waals surface area contributed by atoms with Gasteiger partial charge in [0.2, 0.25) is 5.90 Å². The van der Waals surface area contributed by atoms with E-state index in [-0.39, 0.29) is 6.61 Å². The minimum absolute atomic E-state index is 0.183. The van der Waals surface area contributed by atoms with Gasteiger partial charge in [-0.1, -0.05) is 13.0 Å². The Balaban J connectivity index is 2.28. The smallest absolute Gasteiger partial charge is 0.336 e. The van der Waals surface area contributed by atoms with Crippen LogP contribution in [0, 0.1) is 10.1 Å². The summed E-state index contributed by atoms with van der Waals surface area (Å²) in [6.07, 6.45) is 0.599. The molecule has 0 saturated heterocycles. The van der Waals surface area contributed by atoms with E-state index in [1.165, 1.54) is 12.1 Å². The van der Waals surface area contributed by atoms with Gasteiger partial charge >= 0.3 is 11.7 Å². The molecule has 0 aromatic heterocycles. The predicted molar refractivity (Wildman–Crippen MR) is 115 cm³/mol. The van der Waals surface area contributed by atoms with Crippen LogP contribution in [0.2, 0.25) is 0 Å². The van der Waals surface area contributed by atoms with Crippen LogP contribution >= 0.6 is 0 Å². The van der Waals surface area contributed by atoms with Crippen molar-refractivity contribution in [3.05, 3.63) is 56.4 Å². The van der Waals surface area contributed by atoms with Crippen LogP contribution < -0.4 is 5.32 Å². The number of aromatic hydroxyl groups is 1. The number of nitro benzene ring substituents is 1. The van der Waals surface area contributed by atoms with E-state index in [2.05, 4.69) is 5.32 Å². The number of carbonyl (C=O) groups excluding carboxylic acids is 1. The Morgan fingerprint density at radius 2 is 2.13 bits per heavy atom. The van der Waals surface area contributed by atoms with E-state index < -0.39 is 33.8 Å². The third kappa shape index (κ3) is 4.26. The highest BCUT2D eigenvalue weighted by Crippen LogP contribution is 2.43. The summed E-state index contributed by atoms with van der Waals surface area (Å²) in [5.74, 6) is -1.29. The molecule has 2 aliphatic rings. The van der Waals surface area contributed by atoms with Gasteiger partial charge in [0.1, 0.15) is 6.61 Å². The Bertz CT molecular complexity index is 1020. The van der Waals surface area contributed by atoms with Gasteiger partial charge in [-0.3, -0.25) is 10.1 Å². The van der Waals surface area contributed by atoms with Crippen molar-refractivity contribution in [2.45, 2.75) is 52.5 Å². The van der Waals surface area contributed by atoms with Gasteiger partial charge in [0.15, 0.2) is 5.75 Å². The zero-order chi connectivity index (χ0) is 22.9. The van der Waals surface area contributed by atoms with Crippen LogP contribution in [0.25, 0.3) is 0 Å². The Kier molecular flexibility index (Phi) is 6.06. The molecule has 9 nitrogen and oxygen atoms in total. The second kappa shape index (κ2) is 8.41. The summed E-state index contributed by atoms with van der Waals surface area (Å²) in [5, 5.41) is 24.7. The Morgan fingerprint density at radius 1 is 1.42 bits per heavy atom. The van der Waals surface area contributed by atoms with E-state index >= 15 is 0 Å². The first kappa shape index (κ1) is 22.3. The van der Waals surface area contributed by atoms with Crippen molar-refractivity contribution in [3.63, 3.8) is 0 Å². The number of phenols is 1. The van der Waals surface area contributed by atoms with E-state index in [1.807, 2.05) is 20.8 Å². The molecule has 2 aliphatic heterocycles. The fraction of sp³-hybridized carbons (Fsp3) is 0.455. The van der Waals surface area contributed by atoms with Crippen LogP contribution in [0.1, 0.15) is 52.5 Å². The lowest BCUT2D eigenvalue weighted by Gasteiger charge is -2.32. The molecule has 3 rings (SSSR count). The van der Waals surface area contributed by atoms with Crippen LogP contribution in [0.15, 0.2) is 45.7 Å². The molecule has 0 spiro atoms. The normalized spacial score (nSPS) is 20.2. The number of allylic oxidation sites excluding steroid dienone is 2. The predicted octanol–water partition coefficient (Wildman–Crippen LogP) is 3.70. The van der Waals surface area contributed by atoms with Crippen molar-refractivity contribution in [1.82, 2.24) is 5.32 Å². The number of rotatable bonds is 6. The van der Waals surface area contributed by atoms with Crippen LogP contribution in [0.4, 0.5) is 5.69 Å². The van der Waals surface area contributed by atoms with Crippen molar-refractivity contribution >= 4 is 17.6 Å². The highest BCUT2D eigenvalue weighted by molar-refractivity contribution is 6.03. The number of nitrogens with zero attached hydrogens (tertiary/aromatic N) is 2. The number of dihydropyridines is 1. The lowest BCUT2D eigenvalue weighted by Crippen LogP contribution is -2.32. The minimum atomic E-state index is -0.706. The summed E-state index contributed by atoms with van der Waals surface area (Å²) in [7, 11) is 0. The van der Waals surface area contributed by atoms with Gasteiger partial charge in [-0.2, -0.15) is 0 Å². The molecular weight excluding hydrogens is 402 g/mol. The number of hydrogen-bond acceptors (Lipinski definition) is 8. The number of aliphatic imine (C=N–C) groups is 1. The van der Waals surface area contributed by atoms with E-state index in [9.17, 15) is 20.0 Å². The SMILES string of the molecule is CCOC(=O)C1=C(C)NC(CC)=C(C2=NC(C)(C)CO2)C1c1ccc(O)c([N+](=O)[O-])c1. The first-order chi connectivity index (χ1) is 14.6. The first-order valence-electron chi connectivity index (χ1n) is 10.2. The Morgan fingerprint density at radius 3 is 2.68 bits per heavy atom. The highest BCUT2D eigenvalue weighted by Gasteiger charge is 2.41. The molecule has 166 valence electrons. The number of esters is 1. The molecule has 2 heterocycles. The zero-order valence-electron chi connectivity index (χ0n) is 18.3. The molecule has 0 saturated carbocycles. The van der Waals surface area contributed by atoms with Crippen LogP contribution in [-0.4, -0.2) is 40.6 Å². The number of carbonyl (C=O) groups is 1. The van der Waals surface area contributed by atoms with Crippen molar-refractivity contribution in [3.8, 4) is 5.75 Å². The van der Waals surface area contributed by atoms with E-state index in [1.54, 1.807) is 19.9 Å². The molecule has 0 radical (unpaired) electrons. The van der Waals surface area contributed by atoms with Crippen LogP contribution in [0.3, 0.4) is 0 Å². The van der Waals surface area contributed by atoms with Crippen LogP contribution in [0.5, 0.6) is 5.75 Å². The van der Waals surface area contributed by atoms with Gasteiger partial charge in [-0.25, -0.2) is 9.79 Å². The maximum atomic E-state index is 13.0. The third-order valence-electron chi connectivity index (χ3n) is 5.22. The fourth-order valence-electron chi connectivity index (χ4n) is 3.83. The maximum Gasteiger partial charge on any atom is 0.336 e. The first-order valence-corrected chi connectivity index (χ1v) is 10.2. The molecule has 0 fully saturated rings. The topological polar surface area (TPSA) is 123 Å². The standard InChI is InChI=1S/C22H27N3O6/c1-6-14-19(20-24-22(4,5)11-31-20)18(17(12(3)23-14)21(27)30-7-2)13-8-9-16(26)15(10-13)25(28)29/h8-10,18,23,26H,6-7,11H2,1-5H3. The number of phenolic OH excluding ortho intramolecular Hbond substituents is 1. The largest absolute Gasteiger partial charge is 0.502 e. The molecular formula is C22H27N3O6. The quantitative estimate of drug-likeness (QED) is 0.401. The summed E-state index contributed by atoms with van der Waals surface area (Å²) >= 11 is 0. The Labute approximate surface area is 180 Å². The average molecular weight is 429 g/mol. The molecule has 0 aliphatic carbocycles. The molecule has 0 amide bonds. The van der Waals surface area contributed by atoms with Gasteiger partial charge in [-0.05, 0) is 45.7 Å². The molecule has 1 aromatic rings. The van der Waals surface area contributed by atoms with Crippen molar-refractivity contribution in [1.29, 1.82) is 0 Å². The van der Waals surface area contributed by atoms with Gasteiger partial charge in [0, 0.05) is 23.0 Å². The molecule has 1 unspecified atom stereocenters. The van der Waals surface area contributed by atoms with Crippen molar-refractivity contribution in [2.24, 2.45) is 4.99 Å². The van der Waals surface area contributed by atoms with Crippen molar-refractivity contribution < 1.29 is 24.3 Å². The van der Waals surface area contributed by atoms with Gasteiger partial charge in [0.25, 0.3) is 0 Å². The second-order valence-corrected chi connectivity index (χ2v) is 8.09. The molecule has 1 aromatic carbocycles. The summed E-state index contributed by atoms with van der Waals surface area (Å²) in [4.78, 5) is 28.4.